The van der Waals surface area contributed by atoms with Gasteiger partial charge in [0, 0.05) is 29.7 Å². The quantitative estimate of drug-likeness (QED) is 0.857. The number of rotatable bonds is 2. The van der Waals surface area contributed by atoms with Crippen molar-refractivity contribution in [2.24, 2.45) is 5.92 Å². The van der Waals surface area contributed by atoms with Crippen LogP contribution in [0.3, 0.4) is 0 Å². The summed E-state index contributed by atoms with van der Waals surface area (Å²) in [6, 6.07) is 0. The van der Waals surface area contributed by atoms with E-state index in [1.165, 1.54) is 0 Å². The minimum Gasteiger partial charge on any atom is -0.356 e. The van der Waals surface area contributed by atoms with Crippen molar-refractivity contribution in [2.45, 2.75) is 39.0 Å². The van der Waals surface area contributed by atoms with Crippen molar-refractivity contribution < 1.29 is 4.79 Å². The van der Waals surface area contributed by atoms with Gasteiger partial charge >= 0.3 is 0 Å². The Morgan fingerprint density at radius 3 is 2.81 bits per heavy atom. The molecule has 1 atom stereocenters. The van der Waals surface area contributed by atoms with Gasteiger partial charge in [-0.25, -0.2) is 4.98 Å². The van der Waals surface area contributed by atoms with E-state index in [0.717, 1.165) is 30.1 Å². The number of carbonyl (C=O) groups excluding carboxylic acids is 1. The molecule has 0 aromatic carbocycles. The van der Waals surface area contributed by atoms with E-state index in [4.69, 9.17) is 0 Å². The SMILES string of the molecule is CC(C)(C)c1csc(CC2CCNC2=O)n1. The molecule has 0 spiro atoms. The Labute approximate surface area is 100 Å². The smallest absolute Gasteiger partial charge is 0.223 e. The van der Waals surface area contributed by atoms with Crippen molar-refractivity contribution in [2.75, 3.05) is 6.54 Å². The number of nitrogens with one attached hydrogen (secondary N) is 1. The summed E-state index contributed by atoms with van der Waals surface area (Å²) in [7, 11) is 0. The molecule has 4 heteroatoms. The highest BCUT2D eigenvalue weighted by atomic mass is 32.1. The maximum atomic E-state index is 11.4. The summed E-state index contributed by atoms with van der Waals surface area (Å²) in [6.45, 7) is 7.30. The van der Waals surface area contributed by atoms with E-state index in [0.29, 0.717) is 0 Å². The minimum atomic E-state index is 0.104. The highest BCUT2D eigenvalue weighted by molar-refractivity contribution is 7.09. The number of thiazole rings is 1. The van der Waals surface area contributed by atoms with Crippen LogP contribution in [0.1, 0.15) is 37.9 Å². The zero-order valence-electron chi connectivity index (χ0n) is 10.0. The Balaban J connectivity index is 2.05. The van der Waals surface area contributed by atoms with Crippen LogP contribution in [0.2, 0.25) is 0 Å². The minimum absolute atomic E-state index is 0.104. The van der Waals surface area contributed by atoms with Crippen LogP contribution in [-0.4, -0.2) is 17.4 Å². The van der Waals surface area contributed by atoms with Gasteiger partial charge in [0.1, 0.15) is 0 Å². The van der Waals surface area contributed by atoms with Gasteiger partial charge in [0.2, 0.25) is 5.91 Å². The van der Waals surface area contributed by atoms with Crippen molar-refractivity contribution in [1.29, 1.82) is 0 Å². The van der Waals surface area contributed by atoms with Crippen LogP contribution in [0.15, 0.2) is 5.38 Å². The molecule has 1 N–H and O–H groups in total. The van der Waals surface area contributed by atoms with Gasteiger partial charge in [0.05, 0.1) is 10.7 Å². The zero-order chi connectivity index (χ0) is 11.8. The summed E-state index contributed by atoms with van der Waals surface area (Å²) in [4.78, 5) is 16.1. The third kappa shape index (κ3) is 2.43. The number of nitrogens with zero attached hydrogens (tertiary/aromatic N) is 1. The highest BCUT2D eigenvalue weighted by Crippen LogP contribution is 2.26. The summed E-state index contributed by atoms with van der Waals surface area (Å²) in [6.07, 6.45) is 1.75. The van der Waals surface area contributed by atoms with Gasteiger partial charge in [-0.15, -0.1) is 11.3 Å². The summed E-state index contributed by atoms with van der Waals surface area (Å²) in [5, 5.41) is 6.07. The number of carbonyl (C=O) groups is 1. The van der Waals surface area contributed by atoms with Gasteiger partial charge in [-0.1, -0.05) is 20.8 Å². The van der Waals surface area contributed by atoms with Crippen LogP contribution < -0.4 is 5.32 Å². The topological polar surface area (TPSA) is 42.0 Å². The van der Waals surface area contributed by atoms with E-state index in [9.17, 15) is 4.79 Å². The predicted molar refractivity (Wildman–Crippen MR) is 65.6 cm³/mol. The lowest BCUT2D eigenvalue weighted by Gasteiger charge is -2.14. The normalized spacial score (nSPS) is 21.2. The van der Waals surface area contributed by atoms with E-state index < -0.39 is 0 Å². The number of aromatic nitrogens is 1. The third-order valence-corrected chi connectivity index (χ3v) is 3.78. The largest absolute Gasteiger partial charge is 0.356 e. The monoisotopic (exact) mass is 238 g/mol. The molecule has 0 radical (unpaired) electrons. The van der Waals surface area contributed by atoms with Crippen LogP contribution in [0.25, 0.3) is 0 Å². The number of amides is 1. The molecule has 0 saturated carbocycles. The zero-order valence-corrected chi connectivity index (χ0v) is 10.9. The van der Waals surface area contributed by atoms with Gasteiger partial charge < -0.3 is 5.32 Å². The van der Waals surface area contributed by atoms with Crippen LogP contribution in [0, 0.1) is 5.92 Å². The second-order valence-corrected chi connectivity index (χ2v) is 6.30. The van der Waals surface area contributed by atoms with E-state index in [1.54, 1.807) is 11.3 Å². The molecule has 1 aromatic heterocycles. The fourth-order valence-electron chi connectivity index (χ4n) is 1.80. The Bertz CT molecular complexity index is 392. The van der Waals surface area contributed by atoms with Crippen LogP contribution >= 0.6 is 11.3 Å². The maximum absolute atomic E-state index is 11.4. The van der Waals surface area contributed by atoms with Crippen LogP contribution in [0.5, 0.6) is 0 Å². The number of hydrogen-bond acceptors (Lipinski definition) is 3. The first-order valence-electron chi connectivity index (χ1n) is 5.69. The lowest BCUT2D eigenvalue weighted by molar-refractivity contribution is -0.122. The Morgan fingerprint density at radius 2 is 2.31 bits per heavy atom. The highest BCUT2D eigenvalue weighted by Gasteiger charge is 2.26. The van der Waals surface area contributed by atoms with Crippen molar-refractivity contribution >= 4 is 17.2 Å². The Morgan fingerprint density at radius 1 is 1.56 bits per heavy atom. The first kappa shape index (κ1) is 11.6. The summed E-state index contributed by atoms with van der Waals surface area (Å²) >= 11 is 1.67. The second kappa shape index (κ2) is 4.17. The molecule has 1 fully saturated rings. The Kier molecular flexibility index (Phi) is 3.02. The average molecular weight is 238 g/mol. The molecule has 1 unspecified atom stereocenters. The van der Waals surface area contributed by atoms with E-state index >= 15 is 0 Å². The van der Waals surface area contributed by atoms with Gasteiger partial charge in [-0.05, 0) is 6.42 Å². The number of hydrogen-bond donors (Lipinski definition) is 1. The van der Waals surface area contributed by atoms with Crippen LogP contribution in [0.4, 0.5) is 0 Å². The molecule has 1 aromatic rings. The molecule has 1 aliphatic heterocycles. The van der Waals surface area contributed by atoms with E-state index in [1.807, 2.05) is 0 Å². The molecule has 16 heavy (non-hydrogen) atoms. The van der Waals surface area contributed by atoms with Crippen LogP contribution in [-0.2, 0) is 16.6 Å². The fourth-order valence-corrected chi connectivity index (χ4v) is 2.90. The molecule has 1 aliphatic rings. The molecule has 2 heterocycles. The summed E-state index contributed by atoms with van der Waals surface area (Å²) < 4.78 is 0. The molecule has 0 bridgehead atoms. The van der Waals surface area contributed by atoms with E-state index in [2.05, 4.69) is 36.5 Å². The molecule has 88 valence electrons. The predicted octanol–water partition coefficient (Wildman–Crippen LogP) is 2.12. The summed E-state index contributed by atoms with van der Waals surface area (Å²) in [5.41, 5.74) is 1.23. The first-order chi connectivity index (χ1) is 7.47. The molecule has 1 amide bonds. The molecular formula is C12H18N2OS. The molecule has 1 saturated heterocycles. The molecule has 0 aliphatic carbocycles. The average Bonchev–Trinajstić information content (AvgIpc) is 2.76. The van der Waals surface area contributed by atoms with Crippen molar-refractivity contribution in [3.05, 3.63) is 16.1 Å². The third-order valence-electron chi connectivity index (χ3n) is 2.90. The first-order valence-corrected chi connectivity index (χ1v) is 6.57. The molecular weight excluding hydrogens is 220 g/mol. The maximum Gasteiger partial charge on any atom is 0.223 e. The van der Waals surface area contributed by atoms with Gasteiger partial charge in [0.15, 0.2) is 0 Å². The van der Waals surface area contributed by atoms with Gasteiger partial charge in [-0.2, -0.15) is 0 Å². The second-order valence-electron chi connectivity index (χ2n) is 5.36. The van der Waals surface area contributed by atoms with E-state index in [-0.39, 0.29) is 17.2 Å². The van der Waals surface area contributed by atoms with Crippen molar-refractivity contribution in [1.82, 2.24) is 10.3 Å². The molecule has 2 rings (SSSR count). The molecule has 3 nitrogen and oxygen atoms in total. The standard InChI is InChI=1S/C12H18N2OS/c1-12(2,3)9-7-16-10(14-9)6-8-4-5-13-11(8)15/h7-8H,4-6H2,1-3H3,(H,13,15). The van der Waals surface area contributed by atoms with Crippen molar-refractivity contribution in [3.8, 4) is 0 Å². The van der Waals surface area contributed by atoms with Gasteiger partial charge in [0.25, 0.3) is 0 Å². The van der Waals surface area contributed by atoms with Gasteiger partial charge in [-0.3, -0.25) is 4.79 Å². The summed E-state index contributed by atoms with van der Waals surface area (Å²) in [5.74, 6) is 0.325. The fraction of sp³-hybridized carbons (Fsp3) is 0.667. The van der Waals surface area contributed by atoms with Crippen molar-refractivity contribution in [3.63, 3.8) is 0 Å². The lowest BCUT2D eigenvalue weighted by atomic mass is 9.93. The lowest BCUT2D eigenvalue weighted by Crippen LogP contribution is -2.20. The Hall–Kier alpha value is -0.900.